The lowest BCUT2D eigenvalue weighted by atomic mass is 10.2. The number of hydrogen-bond donors (Lipinski definition) is 0. The fraction of sp³-hybridized carbons (Fsp3) is 0.350. The lowest BCUT2D eigenvalue weighted by molar-refractivity contribution is -0.122. The highest BCUT2D eigenvalue weighted by molar-refractivity contribution is 5.98. The maximum atomic E-state index is 13.0. The summed E-state index contributed by atoms with van der Waals surface area (Å²) >= 11 is 0. The first-order valence-electron chi connectivity index (χ1n) is 9.19. The van der Waals surface area contributed by atoms with Gasteiger partial charge in [-0.05, 0) is 37.0 Å². The summed E-state index contributed by atoms with van der Waals surface area (Å²) in [6, 6.07) is 8.50. The van der Waals surface area contributed by atoms with E-state index in [9.17, 15) is 9.59 Å². The van der Waals surface area contributed by atoms with Crippen LogP contribution in [0.4, 0.5) is 5.69 Å². The minimum Gasteiger partial charge on any atom is -0.489 e. The lowest BCUT2D eigenvalue weighted by Gasteiger charge is -2.21. The Morgan fingerprint density at radius 2 is 2.00 bits per heavy atom. The molecule has 0 bridgehead atoms. The minimum atomic E-state index is -0.729. The van der Waals surface area contributed by atoms with Crippen molar-refractivity contribution in [2.45, 2.75) is 25.4 Å². The van der Waals surface area contributed by atoms with Gasteiger partial charge in [0.1, 0.15) is 18.4 Å². The molecular weight excluding hydrogens is 344 g/mol. The highest BCUT2D eigenvalue weighted by Crippen LogP contribution is 2.32. The first kappa shape index (κ1) is 16.1. The average molecular weight is 364 g/mol. The van der Waals surface area contributed by atoms with Crippen molar-refractivity contribution in [3.05, 3.63) is 53.1 Å². The van der Waals surface area contributed by atoms with Crippen LogP contribution >= 0.6 is 0 Å². The molecule has 0 spiro atoms. The van der Waals surface area contributed by atoms with Crippen LogP contribution in [-0.4, -0.2) is 33.9 Å². The molecular formula is C20H20N4O3. The highest BCUT2D eigenvalue weighted by atomic mass is 16.5. The van der Waals surface area contributed by atoms with E-state index in [0.717, 1.165) is 11.9 Å². The first-order chi connectivity index (χ1) is 13.1. The molecule has 2 aromatic heterocycles. The summed E-state index contributed by atoms with van der Waals surface area (Å²) in [7, 11) is 1.71. The van der Waals surface area contributed by atoms with E-state index in [1.165, 1.54) is 17.4 Å². The third kappa shape index (κ3) is 2.70. The Bertz CT molecular complexity index is 1100. The minimum absolute atomic E-state index is 0.106. The van der Waals surface area contributed by atoms with Crippen molar-refractivity contribution in [3.8, 4) is 5.75 Å². The molecule has 1 saturated carbocycles. The van der Waals surface area contributed by atoms with Crippen LogP contribution in [0.2, 0.25) is 0 Å². The molecule has 1 aromatic carbocycles. The van der Waals surface area contributed by atoms with E-state index in [0.29, 0.717) is 22.9 Å². The zero-order chi connectivity index (χ0) is 18.5. The van der Waals surface area contributed by atoms with Crippen LogP contribution in [0, 0.1) is 5.92 Å². The Kier molecular flexibility index (Phi) is 3.56. The summed E-state index contributed by atoms with van der Waals surface area (Å²) < 4.78 is 9.14. The van der Waals surface area contributed by atoms with Crippen molar-refractivity contribution < 1.29 is 9.53 Å². The van der Waals surface area contributed by atoms with Crippen LogP contribution in [0.5, 0.6) is 5.75 Å². The fourth-order valence-electron chi connectivity index (χ4n) is 3.62. The molecule has 1 amide bonds. The Labute approximate surface area is 155 Å². The van der Waals surface area contributed by atoms with E-state index in [4.69, 9.17) is 4.74 Å². The van der Waals surface area contributed by atoms with Gasteiger partial charge in [0.15, 0.2) is 5.52 Å². The van der Waals surface area contributed by atoms with Gasteiger partial charge in [-0.1, -0.05) is 12.1 Å². The van der Waals surface area contributed by atoms with Gasteiger partial charge in [0.05, 0.1) is 5.69 Å². The number of fused-ring (bicyclic) bond motifs is 2. The molecule has 3 aromatic rings. The predicted molar refractivity (Wildman–Crippen MR) is 101 cm³/mol. The third-order valence-electron chi connectivity index (χ3n) is 5.36. The fourth-order valence-corrected chi connectivity index (χ4v) is 3.62. The molecule has 138 valence electrons. The second-order valence-corrected chi connectivity index (χ2v) is 7.32. The standard InChI is InChI=1S/C20H20N4O3/c1-22-15-4-2-3-5-17(15)27-12-16(19(22)25)24-9-8-14-11-23(10-13-6-7-13)21-18(14)20(24)26/h2-5,8-9,11,13,16H,6-7,10,12H2,1H3/t16-/m0/s1. The number of ether oxygens (including phenoxy) is 1. The summed E-state index contributed by atoms with van der Waals surface area (Å²) in [5.41, 5.74) is 0.839. The zero-order valence-electron chi connectivity index (χ0n) is 15.0. The number of hydrogen-bond acceptors (Lipinski definition) is 4. The second-order valence-electron chi connectivity index (χ2n) is 7.32. The van der Waals surface area contributed by atoms with E-state index < -0.39 is 6.04 Å². The normalized spacial score (nSPS) is 19.7. The van der Waals surface area contributed by atoms with Crippen molar-refractivity contribution in [1.29, 1.82) is 0 Å². The third-order valence-corrected chi connectivity index (χ3v) is 5.36. The number of carbonyl (C=O) groups excluding carboxylic acids is 1. The molecule has 1 aliphatic heterocycles. The molecule has 0 unspecified atom stereocenters. The monoisotopic (exact) mass is 364 g/mol. The predicted octanol–water partition coefficient (Wildman–Crippen LogP) is 2.20. The number of nitrogens with zero attached hydrogens (tertiary/aromatic N) is 4. The number of pyridine rings is 1. The average Bonchev–Trinajstić information content (AvgIpc) is 3.40. The van der Waals surface area contributed by atoms with E-state index in [1.54, 1.807) is 18.1 Å². The van der Waals surface area contributed by atoms with Crippen molar-refractivity contribution in [2.75, 3.05) is 18.6 Å². The van der Waals surface area contributed by atoms with Gasteiger partial charge in [0, 0.05) is 31.4 Å². The Hall–Kier alpha value is -3.09. The highest BCUT2D eigenvalue weighted by Gasteiger charge is 2.31. The van der Waals surface area contributed by atoms with Crippen LogP contribution in [0.1, 0.15) is 18.9 Å². The number of benzene rings is 1. The molecule has 0 N–H and O–H groups in total. The molecule has 1 aliphatic carbocycles. The Morgan fingerprint density at radius 1 is 1.19 bits per heavy atom. The number of anilines is 1. The van der Waals surface area contributed by atoms with Crippen LogP contribution < -0.4 is 15.2 Å². The van der Waals surface area contributed by atoms with Gasteiger partial charge in [-0.25, -0.2) is 0 Å². The molecule has 2 aliphatic rings. The van der Waals surface area contributed by atoms with E-state index in [-0.39, 0.29) is 18.1 Å². The first-order valence-corrected chi connectivity index (χ1v) is 9.19. The van der Waals surface area contributed by atoms with Gasteiger partial charge in [-0.2, -0.15) is 5.10 Å². The molecule has 0 saturated heterocycles. The Balaban J connectivity index is 1.54. The van der Waals surface area contributed by atoms with Crippen molar-refractivity contribution in [3.63, 3.8) is 0 Å². The maximum absolute atomic E-state index is 13.0. The second kappa shape index (κ2) is 5.97. The summed E-state index contributed by atoms with van der Waals surface area (Å²) in [5, 5.41) is 5.27. The Morgan fingerprint density at radius 3 is 2.81 bits per heavy atom. The van der Waals surface area contributed by atoms with Gasteiger partial charge in [0.25, 0.3) is 11.5 Å². The van der Waals surface area contributed by atoms with Crippen LogP contribution in [0.15, 0.2) is 47.5 Å². The van der Waals surface area contributed by atoms with Crippen LogP contribution in [0.25, 0.3) is 10.9 Å². The summed E-state index contributed by atoms with van der Waals surface area (Å²) in [6.45, 7) is 0.950. The van der Waals surface area contributed by atoms with Gasteiger partial charge in [0.2, 0.25) is 0 Å². The number of carbonyl (C=O) groups is 1. The van der Waals surface area contributed by atoms with Crippen LogP contribution in [-0.2, 0) is 11.3 Å². The topological polar surface area (TPSA) is 69.4 Å². The van der Waals surface area contributed by atoms with Crippen molar-refractivity contribution >= 4 is 22.5 Å². The smallest absolute Gasteiger partial charge is 0.279 e. The quantitative estimate of drug-likeness (QED) is 0.714. The zero-order valence-corrected chi connectivity index (χ0v) is 15.0. The summed E-state index contributed by atoms with van der Waals surface area (Å²) in [6.07, 6.45) is 6.03. The largest absolute Gasteiger partial charge is 0.489 e. The number of aromatic nitrogens is 3. The molecule has 7 heteroatoms. The SMILES string of the molecule is CN1C(=O)[C@@H](n2ccc3cn(CC4CC4)nc3c2=O)COc2ccccc21. The molecule has 27 heavy (non-hydrogen) atoms. The number of likely N-dealkylation sites (N-methyl/N-ethyl adjacent to an activating group) is 1. The number of rotatable bonds is 3. The maximum Gasteiger partial charge on any atom is 0.279 e. The summed E-state index contributed by atoms with van der Waals surface area (Å²) in [4.78, 5) is 27.6. The summed E-state index contributed by atoms with van der Waals surface area (Å²) in [5.74, 6) is 1.13. The van der Waals surface area contributed by atoms with E-state index >= 15 is 0 Å². The van der Waals surface area contributed by atoms with E-state index in [1.807, 2.05) is 41.2 Å². The molecule has 1 atom stereocenters. The lowest BCUT2D eigenvalue weighted by Crippen LogP contribution is -2.39. The molecule has 1 fully saturated rings. The molecule has 5 rings (SSSR count). The van der Waals surface area contributed by atoms with Gasteiger partial charge >= 0.3 is 0 Å². The molecule has 7 nitrogen and oxygen atoms in total. The van der Waals surface area contributed by atoms with Crippen molar-refractivity contribution in [2.24, 2.45) is 5.92 Å². The van der Waals surface area contributed by atoms with E-state index in [2.05, 4.69) is 5.10 Å². The number of amides is 1. The van der Waals surface area contributed by atoms with Gasteiger partial charge < -0.3 is 9.64 Å². The van der Waals surface area contributed by atoms with Gasteiger partial charge in [-0.15, -0.1) is 0 Å². The van der Waals surface area contributed by atoms with Crippen LogP contribution in [0.3, 0.4) is 0 Å². The van der Waals surface area contributed by atoms with Crippen molar-refractivity contribution in [1.82, 2.24) is 14.3 Å². The number of para-hydroxylation sites is 2. The van der Waals surface area contributed by atoms with Gasteiger partial charge in [-0.3, -0.25) is 18.8 Å². The molecule has 0 radical (unpaired) electrons. The molecule has 3 heterocycles.